The summed E-state index contributed by atoms with van der Waals surface area (Å²) in [6.07, 6.45) is 1.09. The molecule has 0 aliphatic rings. The monoisotopic (exact) mass is 234 g/mol. The highest BCUT2D eigenvalue weighted by molar-refractivity contribution is 5.37. The standard InChI is InChI=1S/C14H19FN2/c1-3-7-17(2)11-13-8-12(5-4-6-16)9-14(15)10-13/h8-10H,3,6-7,11,16H2,1-2H3. The van der Waals surface area contributed by atoms with Crippen LogP contribution < -0.4 is 5.73 Å². The largest absolute Gasteiger partial charge is 0.320 e. The van der Waals surface area contributed by atoms with E-state index in [0.717, 1.165) is 25.1 Å². The second-order valence-electron chi connectivity index (χ2n) is 4.09. The highest BCUT2D eigenvalue weighted by Crippen LogP contribution is 2.10. The Balaban J connectivity index is 2.82. The zero-order valence-electron chi connectivity index (χ0n) is 10.5. The third-order valence-corrected chi connectivity index (χ3v) is 2.35. The van der Waals surface area contributed by atoms with Gasteiger partial charge in [0, 0.05) is 12.1 Å². The van der Waals surface area contributed by atoms with E-state index in [2.05, 4.69) is 23.7 Å². The highest BCUT2D eigenvalue weighted by atomic mass is 19.1. The SMILES string of the molecule is CCCN(C)Cc1cc(F)cc(C#CCN)c1. The zero-order chi connectivity index (χ0) is 12.7. The fraction of sp³-hybridized carbons (Fsp3) is 0.429. The van der Waals surface area contributed by atoms with Crippen molar-refractivity contribution in [3.63, 3.8) is 0 Å². The maximum atomic E-state index is 13.4. The molecule has 17 heavy (non-hydrogen) atoms. The Kier molecular flexibility index (Phi) is 5.68. The van der Waals surface area contributed by atoms with Crippen LogP contribution in [0, 0.1) is 17.7 Å². The summed E-state index contributed by atoms with van der Waals surface area (Å²) in [5.41, 5.74) is 6.93. The minimum atomic E-state index is -0.242. The van der Waals surface area contributed by atoms with E-state index in [-0.39, 0.29) is 5.82 Å². The zero-order valence-corrected chi connectivity index (χ0v) is 10.5. The van der Waals surface area contributed by atoms with Gasteiger partial charge in [0.1, 0.15) is 5.82 Å². The van der Waals surface area contributed by atoms with Crippen LogP contribution in [-0.4, -0.2) is 25.0 Å². The van der Waals surface area contributed by atoms with Crippen LogP contribution in [0.4, 0.5) is 4.39 Å². The van der Waals surface area contributed by atoms with Gasteiger partial charge >= 0.3 is 0 Å². The number of hydrogen-bond acceptors (Lipinski definition) is 2. The Morgan fingerprint density at radius 3 is 2.76 bits per heavy atom. The lowest BCUT2D eigenvalue weighted by molar-refractivity contribution is 0.327. The third kappa shape index (κ3) is 4.99. The molecule has 2 nitrogen and oxygen atoms in total. The minimum absolute atomic E-state index is 0.242. The number of nitrogens with two attached hydrogens (primary N) is 1. The first kappa shape index (κ1) is 13.7. The highest BCUT2D eigenvalue weighted by Gasteiger charge is 2.02. The van der Waals surface area contributed by atoms with E-state index in [4.69, 9.17) is 5.73 Å². The quantitative estimate of drug-likeness (QED) is 0.807. The molecule has 92 valence electrons. The van der Waals surface area contributed by atoms with Gasteiger partial charge in [0.25, 0.3) is 0 Å². The summed E-state index contributed by atoms with van der Waals surface area (Å²) in [5.74, 6) is 5.35. The fourth-order valence-corrected chi connectivity index (χ4v) is 1.74. The van der Waals surface area contributed by atoms with Gasteiger partial charge in [0.2, 0.25) is 0 Å². The van der Waals surface area contributed by atoms with Crippen LogP contribution in [0.3, 0.4) is 0 Å². The maximum absolute atomic E-state index is 13.4. The molecule has 1 aromatic carbocycles. The number of nitrogens with zero attached hydrogens (tertiary/aromatic N) is 1. The van der Waals surface area contributed by atoms with Crippen LogP contribution in [-0.2, 0) is 6.54 Å². The number of hydrogen-bond donors (Lipinski definition) is 1. The van der Waals surface area contributed by atoms with Crippen molar-refractivity contribution in [2.75, 3.05) is 20.1 Å². The van der Waals surface area contributed by atoms with E-state index in [1.165, 1.54) is 6.07 Å². The van der Waals surface area contributed by atoms with E-state index in [1.54, 1.807) is 6.07 Å². The van der Waals surface area contributed by atoms with Crippen molar-refractivity contribution < 1.29 is 4.39 Å². The van der Waals surface area contributed by atoms with Crippen molar-refractivity contribution >= 4 is 0 Å². The Morgan fingerprint density at radius 2 is 2.12 bits per heavy atom. The predicted molar refractivity (Wildman–Crippen MR) is 69.0 cm³/mol. The average Bonchev–Trinajstić information content (AvgIpc) is 2.25. The van der Waals surface area contributed by atoms with Gasteiger partial charge in [-0.25, -0.2) is 4.39 Å². The molecule has 0 heterocycles. The van der Waals surface area contributed by atoms with Crippen molar-refractivity contribution in [2.24, 2.45) is 5.73 Å². The molecular formula is C14H19FN2. The van der Waals surface area contributed by atoms with Gasteiger partial charge < -0.3 is 10.6 Å². The van der Waals surface area contributed by atoms with E-state index < -0.39 is 0 Å². The normalized spacial score (nSPS) is 10.2. The summed E-state index contributed by atoms with van der Waals surface area (Å²) in [4.78, 5) is 2.16. The second kappa shape index (κ2) is 7.05. The number of halogens is 1. The first-order chi connectivity index (χ1) is 8.15. The lowest BCUT2D eigenvalue weighted by Crippen LogP contribution is -2.18. The van der Waals surface area contributed by atoms with Gasteiger partial charge in [0.15, 0.2) is 0 Å². The predicted octanol–water partition coefficient (Wildman–Crippen LogP) is 1.98. The van der Waals surface area contributed by atoms with E-state index >= 15 is 0 Å². The van der Waals surface area contributed by atoms with Crippen LogP contribution >= 0.6 is 0 Å². The summed E-state index contributed by atoms with van der Waals surface area (Å²) in [6, 6.07) is 4.91. The molecule has 0 aliphatic heterocycles. The molecule has 0 aliphatic carbocycles. The molecule has 0 saturated heterocycles. The van der Waals surface area contributed by atoms with Gasteiger partial charge in [-0.3, -0.25) is 0 Å². The summed E-state index contributed by atoms with van der Waals surface area (Å²) in [6.45, 7) is 4.16. The van der Waals surface area contributed by atoms with Crippen molar-refractivity contribution in [2.45, 2.75) is 19.9 Å². The Morgan fingerprint density at radius 1 is 1.35 bits per heavy atom. The molecule has 3 heteroatoms. The third-order valence-electron chi connectivity index (χ3n) is 2.35. The van der Waals surface area contributed by atoms with Crippen LogP contribution in [0.15, 0.2) is 18.2 Å². The molecule has 2 N–H and O–H groups in total. The molecule has 0 atom stereocenters. The molecule has 0 spiro atoms. The average molecular weight is 234 g/mol. The van der Waals surface area contributed by atoms with Crippen molar-refractivity contribution in [1.29, 1.82) is 0 Å². The van der Waals surface area contributed by atoms with E-state index in [0.29, 0.717) is 12.1 Å². The Bertz CT molecular complexity index is 418. The van der Waals surface area contributed by atoms with Crippen molar-refractivity contribution in [1.82, 2.24) is 4.90 Å². The molecule has 0 radical (unpaired) electrons. The molecule has 0 unspecified atom stereocenters. The summed E-state index contributed by atoms with van der Waals surface area (Å²) < 4.78 is 13.4. The number of benzene rings is 1. The lowest BCUT2D eigenvalue weighted by atomic mass is 10.1. The minimum Gasteiger partial charge on any atom is -0.320 e. The van der Waals surface area contributed by atoms with Gasteiger partial charge in [-0.05, 0) is 43.8 Å². The Labute approximate surface area is 103 Å². The van der Waals surface area contributed by atoms with Gasteiger partial charge in [-0.2, -0.15) is 0 Å². The lowest BCUT2D eigenvalue weighted by Gasteiger charge is -2.15. The molecule has 0 bridgehead atoms. The first-order valence-corrected chi connectivity index (χ1v) is 5.82. The van der Waals surface area contributed by atoms with Gasteiger partial charge in [0.05, 0.1) is 6.54 Å². The summed E-state index contributed by atoms with van der Waals surface area (Å²) in [7, 11) is 2.03. The first-order valence-electron chi connectivity index (χ1n) is 5.82. The smallest absolute Gasteiger partial charge is 0.124 e. The van der Waals surface area contributed by atoms with E-state index in [1.807, 2.05) is 13.1 Å². The van der Waals surface area contributed by atoms with Crippen molar-refractivity contribution in [3.05, 3.63) is 35.1 Å². The van der Waals surface area contributed by atoms with Crippen molar-refractivity contribution in [3.8, 4) is 11.8 Å². The summed E-state index contributed by atoms with van der Waals surface area (Å²) in [5, 5.41) is 0. The van der Waals surface area contributed by atoms with Crippen LogP contribution in [0.5, 0.6) is 0 Å². The Hall–Kier alpha value is -1.37. The van der Waals surface area contributed by atoms with Crippen LogP contribution in [0.25, 0.3) is 0 Å². The topological polar surface area (TPSA) is 29.3 Å². The van der Waals surface area contributed by atoms with Gasteiger partial charge in [-0.1, -0.05) is 18.8 Å². The number of rotatable bonds is 4. The molecule has 0 amide bonds. The summed E-state index contributed by atoms with van der Waals surface area (Å²) >= 11 is 0. The molecule has 0 saturated carbocycles. The second-order valence-corrected chi connectivity index (χ2v) is 4.09. The van der Waals surface area contributed by atoms with Crippen LogP contribution in [0.1, 0.15) is 24.5 Å². The molecule has 1 rings (SSSR count). The molecular weight excluding hydrogens is 215 g/mol. The van der Waals surface area contributed by atoms with Gasteiger partial charge in [-0.15, -0.1) is 0 Å². The van der Waals surface area contributed by atoms with E-state index in [9.17, 15) is 4.39 Å². The van der Waals surface area contributed by atoms with Crippen LogP contribution in [0.2, 0.25) is 0 Å². The molecule has 0 aromatic heterocycles. The fourth-order valence-electron chi connectivity index (χ4n) is 1.74. The maximum Gasteiger partial charge on any atom is 0.124 e. The molecule has 1 aromatic rings. The molecule has 0 fully saturated rings.